The SMILES string of the molecule is CCC1C(=O)N2C(C(=O)OC)=C(S)CC12. The minimum Gasteiger partial charge on any atom is -0.464 e. The molecule has 2 rings (SSSR count). The lowest BCUT2D eigenvalue weighted by Gasteiger charge is -2.43. The van der Waals surface area contributed by atoms with Gasteiger partial charge in [0.25, 0.3) is 0 Å². The van der Waals surface area contributed by atoms with Gasteiger partial charge in [-0.05, 0) is 6.42 Å². The molecule has 2 unspecified atom stereocenters. The number of carbonyl (C=O) groups is 2. The van der Waals surface area contributed by atoms with Crippen LogP contribution in [0.5, 0.6) is 0 Å². The average molecular weight is 227 g/mol. The molecule has 0 spiro atoms. The zero-order chi connectivity index (χ0) is 11.2. The van der Waals surface area contributed by atoms with E-state index in [-0.39, 0.29) is 17.9 Å². The fourth-order valence-corrected chi connectivity index (χ4v) is 2.69. The van der Waals surface area contributed by atoms with Crippen molar-refractivity contribution in [3.05, 3.63) is 10.6 Å². The largest absolute Gasteiger partial charge is 0.464 e. The van der Waals surface area contributed by atoms with E-state index in [9.17, 15) is 9.59 Å². The molecule has 0 aromatic heterocycles. The maximum Gasteiger partial charge on any atom is 0.355 e. The van der Waals surface area contributed by atoms with Crippen molar-refractivity contribution in [3.63, 3.8) is 0 Å². The first kappa shape index (κ1) is 10.5. The van der Waals surface area contributed by atoms with Crippen molar-refractivity contribution in [1.82, 2.24) is 4.90 Å². The number of thiol groups is 1. The van der Waals surface area contributed by atoms with Gasteiger partial charge in [-0.2, -0.15) is 0 Å². The summed E-state index contributed by atoms with van der Waals surface area (Å²) in [6.45, 7) is 1.98. The highest BCUT2D eigenvalue weighted by Crippen LogP contribution is 2.44. The Bertz CT molecular complexity index is 364. The van der Waals surface area contributed by atoms with E-state index in [1.54, 1.807) is 0 Å². The van der Waals surface area contributed by atoms with Gasteiger partial charge in [-0.15, -0.1) is 12.6 Å². The third-order valence-electron chi connectivity index (χ3n) is 3.09. The zero-order valence-corrected chi connectivity index (χ0v) is 9.58. The molecule has 0 aromatic carbocycles. The van der Waals surface area contributed by atoms with Crippen molar-refractivity contribution >= 4 is 24.5 Å². The lowest BCUT2D eigenvalue weighted by molar-refractivity contribution is -0.155. The molecule has 0 aromatic rings. The molecule has 4 nitrogen and oxygen atoms in total. The number of carbonyl (C=O) groups excluding carboxylic acids is 2. The normalized spacial score (nSPS) is 29.0. The van der Waals surface area contributed by atoms with E-state index in [0.717, 1.165) is 6.42 Å². The lowest BCUT2D eigenvalue weighted by atomic mass is 9.85. The minimum absolute atomic E-state index is 0.0203. The van der Waals surface area contributed by atoms with Crippen LogP contribution in [0.25, 0.3) is 0 Å². The molecule has 82 valence electrons. The van der Waals surface area contributed by atoms with Crippen LogP contribution in [0.4, 0.5) is 0 Å². The maximum absolute atomic E-state index is 11.7. The molecule has 2 aliphatic rings. The molecular formula is C10H13NO3S. The summed E-state index contributed by atoms with van der Waals surface area (Å²) in [5.74, 6) is -0.397. The molecule has 1 saturated heterocycles. The summed E-state index contributed by atoms with van der Waals surface area (Å²) in [6.07, 6.45) is 1.49. The van der Waals surface area contributed by atoms with Crippen LogP contribution in [0.1, 0.15) is 19.8 Å². The van der Waals surface area contributed by atoms with Crippen molar-refractivity contribution in [2.24, 2.45) is 5.92 Å². The van der Waals surface area contributed by atoms with Crippen LogP contribution < -0.4 is 0 Å². The van der Waals surface area contributed by atoms with Crippen LogP contribution in [0.2, 0.25) is 0 Å². The third-order valence-corrected chi connectivity index (χ3v) is 3.48. The summed E-state index contributed by atoms with van der Waals surface area (Å²) in [7, 11) is 1.31. The molecule has 1 amide bonds. The van der Waals surface area contributed by atoms with Gasteiger partial charge in [-0.25, -0.2) is 4.79 Å². The minimum atomic E-state index is -0.467. The Kier molecular flexibility index (Phi) is 2.50. The maximum atomic E-state index is 11.7. The Morgan fingerprint density at radius 3 is 2.87 bits per heavy atom. The number of methoxy groups -OCH3 is 1. The standard InChI is InChI=1S/C10H13NO3S/c1-3-5-6-4-7(15)8(10(13)14-2)11(6)9(5)12/h5-6,15H,3-4H2,1-2H3. The number of rotatable bonds is 2. The summed E-state index contributed by atoms with van der Waals surface area (Å²) in [4.78, 5) is 25.3. The average Bonchev–Trinajstić information content (AvgIpc) is 2.52. The second-order valence-electron chi connectivity index (χ2n) is 3.78. The van der Waals surface area contributed by atoms with Crippen LogP contribution >= 0.6 is 12.6 Å². The third kappa shape index (κ3) is 1.29. The van der Waals surface area contributed by atoms with E-state index in [1.807, 2.05) is 6.92 Å². The number of nitrogens with zero attached hydrogens (tertiary/aromatic N) is 1. The molecule has 5 heteroatoms. The number of hydrogen-bond donors (Lipinski definition) is 1. The first-order valence-corrected chi connectivity index (χ1v) is 5.40. The summed E-state index contributed by atoms with van der Waals surface area (Å²) in [6, 6.07) is 0.129. The number of β-lactam (4-membered cyclic amide) rings is 1. The van der Waals surface area contributed by atoms with Crippen LogP contribution in [-0.2, 0) is 14.3 Å². The van der Waals surface area contributed by atoms with Crippen molar-refractivity contribution in [1.29, 1.82) is 0 Å². The van der Waals surface area contributed by atoms with Gasteiger partial charge in [-0.1, -0.05) is 6.92 Å². The Morgan fingerprint density at radius 1 is 1.67 bits per heavy atom. The van der Waals surface area contributed by atoms with Gasteiger partial charge >= 0.3 is 5.97 Å². The number of amides is 1. The van der Waals surface area contributed by atoms with Gasteiger partial charge in [-0.3, -0.25) is 4.79 Å². The predicted octanol–water partition coefficient (Wildman–Crippen LogP) is 0.941. The van der Waals surface area contributed by atoms with E-state index in [2.05, 4.69) is 17.4 Å². The lowest BCUT2D eigenvalue weighted by Crippen LogP contribution is -2.58. The smallest absolute Gasteiger partial charge is 0.355 e. The van der Waals surface area contributed by atoms with Gasteiger partial charge in [0.2, 0.25) is 5.91 Å². The Labute approximate surface area is 93.7 Å². The number of fused-ring (bicyclic) bond motifs is 1. The second-order valence-corrected chi connectivity index (χ2v) is 4.32. The van der Waals surface area contributed by atoms with Crippen molar-refractivity contribution < 1.29 is 14.3 Å². The summed E-state index contributed by atoms with van der Waals surface area (Å²) in [5.41, 5.74) is 0.334. The van der Waals surface area contributed by atoms with Crippen LogP contribution in [0, 0.1) is 5.92 Å². The summed E-state index contributed by atoms with van der Waals surface area (Å²) < 4.78 is 4.63. The fraction of sp³-hybridized carbons (Fsp3) is 0.600. The molecule has 0 N–H and O–H groups in total. The molecule has 2 atom stereocenters. The first-order chi connectivity index (χ1) is 7.11. The highest BCUT2D eigenvalue weighted by Gasteiger charge is 2.53. The summed E-state index contributed by atoms with van der Waals surface area (Å²) in [5, 5.41) is 0. The Balaban J connectivity index is 2.25. The molecule has 1 fully saturated rings. The Morgan fingerprint density at radius 2 is 2.33 bits per heavy atom. The molecule has 0 radical (unpaired) electrons. The molecule has 0 saturated carbocycles. The topological polar surface area (TPSA) is 46.6 Å². The first-order valence-electron chi connectivity index (χ1n) is 4.95. The van der Waals surface area contributed by atoms with E-state index in [1.165, 1.54) is 12.0 Å². The van der Waals surface area contributed by atoms with E-state index in [0.29, 0.717) is 17.0 Å². The predicted molar refractivity (Wildman–Crippen MR) is 57.1 cm³/mol. The molecule has 0 aliphatic carbocycles. The van der Waals surface area contributed by atoms with E-state index >= 15 is 0 Å². The van der Waals surface area contributed by atoms with Crippen LogP contribution in [-0.4, -0.2) is 29.9 Å². The van der Waals surface area contributed by atoms with Gasteiger partial charge in [0.05, 0.1) is 19.1 Å². The number of esters is 1. The molecule has 2 heterocycles. The molecule has 15 heavy (non-hydrogen) atoms. The van der Waals surface area contributed by atoms with Gasteiger partial charge in [0.1, 0.15) is 5.70 Å². The summed E-state index contributed by atoms with van der Waals surface area (Å²) >= 11 is 4.24. The fourth-order valence-electron chi connectivity index (χ4n) is 2.31. The Hall–Kier alpha value is -0.970. The monoisotopic (exact) mass is 227 g/mol. The van der Waals surface area contributed by atoms with Crippen molar-refractivity contribution in [3.8, 4) is 0 Å². The van der Waals surface area contributed by atoms with Crippen LogP contribution in [0.3, 0.4) is 0 Å². The van der Waals surface area contributed by atoms with Crippen molar-refractivity contribution in [2.75, 3.05) is 7.11 Å². The van der Waals surface area contributed by atoms with E-state index < -0.39 is 5.97 Å². The highest BCUT2D eigenvalue weighted by molar-refractivity contribution is 7.84. The zero-order valence-electron chi connectivity index (χ0n) is 8.69. The molecule has 2 aliphatic heterocycles. The molecule has 0 bridgehead atoms. The van der Waals surface area contributed by atoms with Crippen LogP contribution in [0.15, 0.2) is 10.6 Å². The van der Waals surface area contributed by atoms with Gasteiger partial charge in [0.15, 0.2) is 0 Å². The number of ether oxygens (including phenoxy) is 1. The van der Waals surface area contributed by atoms with Gasteiger partial charge in [0, 0.05) is 11.3 Å². The quantitative estimate of drug-likeness (QED) is 0.434. The molecular weight excluding hydrogens is 214 g/mol. The second kappa shape index (κ2) is 3.56. The van der Waals surface area contributed by atoms with Crippen molar-refractivity contribution in [2.45, 2.75) is 25.8 Å². The highest BCUT2D eigenvalue weighted by atomic mass is 32.1. The number of hydrogen-bond acceptors (Lipinski definition) is 4. The van der Waals surface area contributed by atoms with Gasteiger partial charge < -0.3 is 9.64 Å². The van der Waals surface area contributed by atoms with E-state index in [4.69, 9.17) is 0 Å².